The van der Waals surface area contributed by atoms with Crippen molar-refractivity contribution in [1.29, 1.82) is 0 Å². The van der Waals surface area contributed by atoms with Crippen molar-refractivity contribution < 1.29 is 132 Å². The van der Waals surface area contributed by atoms with Gasteiger partial charge in [-0.2, -0.15) is 132 Å². The zero-order chi connectivity index (χ0) is 43.0. The molecule has 0 atom stereocenters. The lowest BCUT2D eigenvalue weighted by atomic mass is 9.90. The predicted molar refractivity (Wildman–Crippen MR) is 111 cm³/mol. The molecule has 0 spiro atoms. The van der Waals surface area contributed by atoms with Crippen molar-refractivity contribution in [2.24, 2.45) is 5.40 Å². The summed E-state index contributed by atoms with van der Waals surface area (Å²) in [7, 11) is -5.32. The van der Waals surface area contributed by atoms with Crippen molar-refractivity contribution >= 4 is 8.24 Å². The third-order valence-corrected chi connectivity index (χ3v) is 11.3. The normalized spacial score (nSPS) is 16.8. The van der Waals surface area contributed by atoms with Crippen molar-refractivity contribution in [3.8, 4) is 0 Å². The maximum Gasteiger partial charge on any atom is 0.460 e. The molecule has 0 saturated heterocycles. The van der Waals surface area contributed by atoms with E-state index in [4.69, 9.17) is 5.40 Å². The molecule has 0 bridgehead atoms. The van der Waals surface area contributed by atoms with Gasteiger partial charge < -0.3 is 5.40 Å². The summed E-state index contributed by atoms with van der Waals surface area (Å²) in [5.74, 6) is -99.4. The number of rotatable bonds is 17. The number of halogens is 30. The molecule has 0 aliphatic carbocycles. The lowest BCUT2D eigenvalue weighted by Crippen LogP contribution is -2.72. The molecule has 0 saturated carbocycles. The van der Waals surface area contributed by atoms with E-state index >= 15 is 0 Å². The highest BCUT2D eigenvalue weighted by molar-refractivity contribution is 6.76. The first-order valence-corrected chi connectivity index (χ1v) is 15.1. The van der Waals surface area contributed by atoms with E-state index in [9.17, 15) is 132 Å². The van der Waals surface area contributed by atoms with Crippen molar-refractivity contribution in [2.45, 2.75) is 121 Å². The van der Waals surface area contributed by atoms with E-state index in [0.717, 1.165) is 0 Å². The minimum atomic E-state index is -8.77. The summed E-state index contributed by atoms with van der Waals surface area (Å²) in [6, 6.07) is -6.12. The maximum atomic E-state index is 14.1. The van der Waals surface area contributed by atoms with Gasteiger partial charge >= 0.3 is 83.4 Å². The predicted octanol–water partition coefficient (Wildman–Crippen LogP) is 11.4. The zero-order valence-corrected chi connectivity index (χ0v) is 25.0. The van der Waals surface area contributed by atoms with E-state index in [1.807, 2.05) is 0 Å². The van der Waals surface area contributed by atoms with Crippen LogP contribution in [0.25, 0.3) is 0 Å². The van der Waals surface area contributed by atoms with Crippen LogP contribution in [0.2, 0.25) is 18.1 Å². The minimum absolute atomic E-state index is 0.420. The van der Waals surface area contributed by atoms with Crippen LogP contribution in [0.5, 0.6) is 0 Å². The van der Waals surface area contributed by atoms with E-state index in [1.54, 1.807) is 0 Å². The van der Waals surface area contributed by atoms with Crippen LogP contribution in [0.1, 0.15) is 19.8 Å². The fourth-order valence-electron chi connectivity index (χ4n) is 3.60. The van der Waals surface area contributed by atoms with Gasteiger partial charge in [0.1, 0.15) is 8.24 Å². The molecule has 0 unspecified atom stereocenters. The van der Waals surface area contributed by atoms with Gasteiger partial charge in [0.25, 0.3) is 0 Å². The van der Waals surface area contributed by atoms with Crippen LogP contribution < -0.4 is 5.40 Å². The molecule has 314 valence electrons. The van der Waals surface area contributed by atoms with E-state index in [-0.39, 0.29) is 0 Å². The van der Waals surface area contributed by atoms with Crippen molar-refractivity contribution in [3.63, 3.8) is 0 Å². The first kappa shape index (κ1) is 50.1. The molecule has 52 heavy (non-hydrogen) atoms. The summed E-state index contributed by atoms with van der Waals surface area (Å²) in [5.41, 5.74) is 0. The Hall–Kier alpha value is -1.92. The standard InChI is InChI=1S/C20H15F30NSi/c1-2-52(51,5-3-7(21,22)9(25,26)11(29,30)13(33,34)15(37,38)17(41,42)19(45,46)47)6-4-8(23,24)10(27,28)12(31,32)14(35,36)16(39,40)18(43,44)20(48,49)50/h2-6,51H2,1H3. The Morgan fingerprint density at radius 1 is 0.308 bits per heavy atom. The van der Waals surface area contributed by atoms with Crippen LogP contribution in [0.15, 0.2) is 0 Å². The average molecular weight is 867 g/mol. The van der Waals surface area contributed by atoms with Crippen LogP contribution in [0.4, 0.5) is 132 Å². The third kappa shape index (κ3) is 7.03. The molecule has 32 heteroatoms. The minimum Gasteiger partial charge on any atom is -0.351 e. The van der Waals surface area contributed by atoms with E-state index < -0.39 is 123 Å². The Morgan fingerprint density at radius 2 is 0.481 bits per heavy atom. The zero-order valence-electron chi connectivity index (χ0n) is 24.0. The Labute approximate surface area is 267 Å². The summed E-state index contributed by atoms with van der Waals surface area (Å²) in [4.78, 5) is 0. The lowest BCUT2D eigenvalue weighted by molar-refractivity contribution is -0.452. The highest BCUT2D eigenvalue weighted by Gasteiger charge is 2.94. The number of hydrogen-bond acceptors (Lipinski definition) is 1. The molecule has 0 aliphatic rings. The van der Waals surface area contributed by atoms with Gasteiger partial charge in [-0.25, -0.2) is 0 Å². The summed E-state index contributed by atoms with van der Waals surface area (Å²) >= 11 is 0. The molecule has 2 N–H and O–H groups in total. The quantitative estimate of drug-likeness (QED) is 0.114. The highest BCUT2D eigenvalue weighted by atomic mass is 28.3. The molecule has 0 aliphatic heterocycles. The van der Waals surface area contributed by atoms with Crippen LogP contribution in [0, 0.1) is 0 Å². The maximum absolute atomic E-state index is 14.1. The van der Waals surface area contributed by atoms with E-state index in [2.05, 4.69) is 0 Å². The molecule has 0 amide bonds. The third-order valence-electron chi connectivity index (χ3n) is 7.36. The second kappa shape index (κ2) is 13.1. The second-order valence-corrected chi connectivity index (χ2v) is 15.3. The number of nitrogens with two attached hydrogens (primary N) is 1. The van der Waals surface area contributed by atoms with Gasteiger partial charge in [0.2, 0.25) is 0 Å². The summed E-state index contributed by atoms with van der Waals surface area (Å²) in [5, 5.41) is 5.16. The smallest absolute Gasteiger partial charge is 0.351 e. The van der Waals surface area contributed by atoms with Gasteiger partial charge in [-0.15, -0.1) is 0 Å². The first-order chi connectivity index (χ1) is 22.0. The van der Waals surface area contributed by atoms with Crippen LogP contribution in [0.3, 0.4) is 0 Å². The summed E-state index contributed by atoms with van der Waals surface area (Å²) < 4.78 is 400. The molecule has 1 nitrogen and oxygen atoms in total. The fourth-order valence-corrected chi connectivity index (χ4v) is 6.18. The molecule has 0 rings (SSSR count). The fraction of sp³-hybridized carbons (Fsp3) is 1.00. The van der Waals surface area contributed by atoms with Crippen LogP contribution in [-0.2, 0) is 0 Å². The van der Waals surface area contributed by atoms with Gasteiger partial charge in [0.05, 0.1) is 0 Å². The lowest BCUT2D eigenvalue weighted by Gasteiger charge is -2.42. The molecule has 0 aromatic heterocycles. The van der Waals surface area contributed by atoms with Crippen LogP contribution in [-0.4, -0.2) is 91.7 Å². The van der Waals surface area contributed by atoms with Crippen molar-refractivity contribution in [1.82, 2.24) is 0 Å². The second-order valence-electron chi connectivity index (χ2n) is 10.9. The van der Waals surface area contributed by atoms with Crippen molar-refractivity contribution in [2.75, 3.05) is 0 Å². The molecule has 0 aromatic carbocycles. The first-order valence-electron chi connectivity index (χ1n) is 12.4. The molecule has 0 aromatic rings. The van der Waals surface area contributed by atoms with Crippen molar-refractivity contribution in [3.05, 3.63) is 0 Å². The van der Waals surface area contributed by atoms with Gasteiger partial charge in [-0.05, 0) is 18.1 Å². The van der Waals surface area contributed by atoms with E-state index in [0.29, 0.717) is 6.92 Å². The molecular weight excluding hydrogens is 852 g/mol. The summed E-state index contributed by atoms with van der Waals surface area (Å²) in [6.45, 7) is 0.420. The highest BCUT2D eigenvalue weighted by Crippen LogP contribution is 2.65. The average Bonchev–Trinajstić information content (AvgIpc) is 2.92. The van der Waals surface area contributed by atoms with Gasteiger partial charge in [-0.1, -0.05) is 6.92 Å². The number of hydrogen-bond donors (Lipinski definition) is 1. The Morgan fingerprint density at radius 3 is 0.654 bits per heavy atom. The summed E-state index contributed by atoms with van der Waals surface area (Å²) in [6.07, 6.45) is -22.6. The Kier molecular flexibility index (Phi) is 12.6. The number of alkyl halides is 30. The largest absolute Gasteiger partial charge is 0.460 e. The van der Waals surface area contributed by atoms with Gasteiger partial charge in [0.15, 0.2) is 0 Å². The Bertz CT molecular complexity index is 1150. The topological polar surface area (TPSA) is 26.0 Å². The van der Waals surface area contributed by atoms with Gasteiger partial charge in [0, 0.05) is 12.8 Å². The molecular formula is C20H15F30NSi. The van der Waals surface area contributed by atoms with Gasteiger partial charge in [-0.3, -0.25) is 0 Å². The molecule has 0 radical (unpaired) electrons. The monoisotopic (exact) mass is 867 g/mol. The Balaban J connectivity index is 6.59. The SMILES string of the molecule is CC[Si](N)(CCC(F)(F)C(F)(F)C(F)(F)C(F)(F)C(F)(F)C(F)(F)C(F)(F)F)CCC(F)(F)C(F)(F)C(F)(F)C(F)(F)C(F)(F)C(F)(F)C(F)(F)F. The molecule has 0 heterocycles. The molecule has 0 fully saturated rings. The van der Waals surface area contributed by atoms with Crippen LogP contribution >= 0.6 is 0 Å². The van der Waals surface area contributed by atoms with E-state index in [1.165, 1.54) is 0 Å².